The van der Waals surface area contributed by atoms with Crippen LogP contribution in [-0.2, 0) is 11.1 Å². The Morgan fingerprint density at radius 3 is 2.80 bits per heavy atom. The molecule has 3 rings (SSSR count). The highest BCUT2D eigenvalue weighted by Gasteiger charge is 2.10. The van der Waals surface area contributed by atoms with Crippen LogP contribution < -0.4 is 11.3 Å². The van der Waals surface area contributed by atoms with Gasteiger partial charge in [0.25, 0.3) is 5.56 Å². The molecular weight excluding hydrogens is 346 g/mol. The Morgan fingerprint density at radius 2 is 2.10 bits per heavy atom. The van der Waals surface area contributed by atoms with Crippen LogP contribution in [0.25, 0.3) is 21.7 Å². The third kappa shape index (κ3) is 2.01. The molecule has 1 aromatic heterocycles. The van der Waals surface area contributed by atoms with Crippen LogP contribution in [0.4, 0.5) is 5.95 Å². The Bertz CT molecular complexity index is 939. The average molecular weight is 353 g/mol. The second-order valence-electron chi connectivity index (χ2n) is 4.15. The van der Waals surface area contributed by atoms with Gasteiger partial charge in [-0.3, -0.25) is 14.0 Å². The lowest BCUT2D eigenvalue weighted by Gasteiger charge is -2.10. The van der Waals surface area contributed by atoms with Crippen molar-refractivity contribution in [3.63, 3.8) is 0 Å². The van der Waals surface area contributed by atoms with E-state index in [1.54, 1.807) is 18.2 Å². The summed E-state index contributed by atoms with van der Waals surface area (Å²) in [7, 11) is 0. The van der Waals surface area contributed by atoms with Gasteiger partial charge in [-0.15, -0.1) is 0 Å². The number of anilines is 1. The van der Waals surface area contributed by atoms with Crippen LogP contribution in [0.2, 0.25) is 0 Å². The molecule has 1 heterocycles. The van der Waals surface area contributed by atoms with Crippen LogP contribution in [0.15, 0.2) is 38.4 Å². The van der Waals surface area contributed by atoms with E-state index in [4.69, 9.17) is 5.73 Å². The zero-order valence-electron chi connectivity index (χ0n) is 9.84. The van der Waals surface area contributed by atoms with Gasteiger partial charge in [-0.2, -0.15) is 0 Å². The molecule has 0 aliphatic heterocycles. The molecule has 0 fully saturated rings. The number of fused-ring (bicyclic) bond motifs is 3. The number of benzene rings is 2. The van der Waals surface area contributed by atoms with Gasteiger partial charge in [0, 0.05) is 9.37 Å². The van der Waals surface area contributed by atoms with E-state index in [-0.39, 0.29) is 16.4 Å². The van der Waals surface area contributed by atoms with E-state index in [0.717, 1.165) is 0 Å². The summed E-state index contributed by atoms with van der Waals surface area (Å²) >= 11 is 0.835. The van der Waals surface area contributed by atoms with Gasteiger partial charge >= 0.3 is 0 Å². The molecule has 0 saturated heterocycles. The number of aromatic nitrogens is 2. The first-order valence-corrected chi connectivity index (χ1v) is 7.35. The normalized spacial score (nSPS) is 12.9. The minimum Gasteiger partial charge on any atom is -0.768 e. The number of rotatable bonds is 1. The van der Waals surface area contributed by atoms with Crippen molar-refractivity contribution in [2.24, 2.45) is 0 Å². The second-order valence-corrected chi connectivity index (χ2v) is 5.91. The van der Waals surface area contributed by atoms with Crippen molar-refractivity contribution < 1.29 is 8.76 Å². The molecule has 0 saturated carbocycles. The maximum atomic E-state index is 12.0. The standard InChI is InChI=1S/C12H8BrN3O3S/c13-7-4-6-5(3-9(7)20(18)19)1-2-8-10(6)11(17)16-12(14)15-8/h1-4H,(H,18,19)(H3,14,15,16,17)/p-1. The summed E-state index contributed by atoms with van der Waals surface area (Å²) in [5.74, 6) is 0.0400. The number of nitrogen functional groups attached to an aromatic ring is 1. The highest BCUT2D eigenvalue weighted by molar-refractivity contribution is 9.10. The average Bonchev–Trinajstić information content (AvgIpc) is 2.36. The van der Waals surface area contributed by atoms with Crippen molar-refractivity contribution in [2.45, 2.75) is 4.90 Å². The molecule has 0 bridgehead atoms. The number of H-pyrrole nitrogens is 1. The molecule has 1 atom stereocenters. The van der Waals surface area contributed by atoms with Gasteiger partial charge in [-0.25, -0.2) is 4.98 Å². The lowest BCUT2D eigenvalue weighted by molar-refractivity contribution is 0.537. The predicted octanol–water partition coefficient (Wildman–Crippen LogP) is 1.66. The lowest BCUT2D eigenvalue weighted by Crippen LogP contribution is -2.11. The van der Waals surface area contributed by atoms with E-state index in [1.807, 2.05) is 0 Å². The summed E-state index contributed by atoms with van der Waals surface area (Å²) in [4.78, 5) is 18.7. The molecule has 102 valence electrons. The Kier molecular flexibility index (Phi) is 3.08. The number of nitrogens with zero attached hydrogens (tertiary/aromatic N) is 1. The first kappa shape index (κ1) is 13.2. The smallest absolute Gasteiger partial charge is 0.260 e. The molecule has 3 aromatic rings. The van der Waals surface area contributed by atoms with Gasteiger partial charge in [0.1, 0.15) is 0 Å². The maximum Gasteiger partial charge on any atom is 0.260 e. The largest absolute Gasteiger partial charge is 0.768 e. The first-order chi connectivity index (χ1) is 9.47. The highest BCUT2D eigenvalue weighted by atomic mass is 79.9. The summed E-state index contributed by atoms with van der Waals surface area (Å²) in [5.41, 5.74) is 5.60. The van der Waals surface area contributed by atoms with Crippen molar-refractivity contribution >= 4 is 54.6 Å². The van der Waals surface area contributed by atoms with Gasteiger partial charge in [0.15, 0.2) is 0 Å². The number of nitrogens with one attached hydrogen (secondary N) is 1. The molecule has 0 amide bonds. The van der Waals surface area contributed by atoms with Crippen LogP contribution in [0, 0.1) is 0 Å². The molecule has 2 aromatic carbocycles. The number of hydrogen-bond acceptors (Lipinski definition) is 5. The second kappa shape index (κ2) is 4.65. The van der Waals surface area contributed by atoms with E-state index in [0.29, 0.717) is 26.1 Å². The molecule has 6 nitrogen and oxygen atoms in total. The maximum absolute atomic E-state index is 12.0. The summed E-state index contributed by atoms with van der Waals surface area (Å²) in [5, 5.41) is 1.62. The van der Waals surface area contributed by atoms with Gasteiger partial charge in [0.05, 0.1) is 10.9 Å². The summed E-state index contributed by atoms with van der Waals surface area (Å²) < 4.78 is 22.6. The van der Waals surface area contributed by atoms with Crippen molar-refractivity contribution in [1.29, 1.82) is 0 Å². The van der Waals surface area contributed by atoms with Crippen molar-refractivity contribution in [3.8, 4) is 0 Å². The minimum absolute atomic E-state index is 0.0400. The fraction of sp³-hybridized carbons (Fsp3) is 0. The summed E-state index contributed by atoms with van der Waals surface area (Å²) in [6.45, 7) is 0. The van der Waals surface area contributed by atoms with Crippen molar-refractivity contribution in [2.75, 3.05) is 5.73 Å². The van der Waals surface area contributed by atoms with Crippen LogP contribution in [-0.4, -0.2) is 18.7 Å². The van der Waals surface area contributed by atoms with Crippen LogP contribution in [0.1, 0.15) is 0 Å². The Labute approximate surface area is 123 Å². The van der Waals surface area contributed by atoms with Crippen LogP contribution >= 0.6 is 15.9 Å². The Hall–Kier alpha value is -1.77. The topological polar surface area (TPSA) is 112 Å². The minimum atomic E-state index is -2.36. The summed E-state index contributed by atoms with van der Waals surface area (Å²) in [6.07, 6.45) is 0. The van der Waals surface area contributed by atoms with Crippen molar-refractivity contribution in [1.82, 2.24) is 9.97 Å². The number of aromatic amines is 1. The molecule has 8 heteroatoms. The highest BCUT2D eigenvalue weighted by Crippen LogP contribution is 2.29. The van der Waals surface area contributed by atoms with E-state index in [2.05, 4.69) is 25.9 Å². The summed E-state index contributed by atoms with van der Waals surface area (Å²) in [6, 6.07) is 6.43. The zero-order chi connectivity index (χ0) is 14.4. The fourth-order valence-corrected chi connectivity index (χ4v) is 3.29. The molecule has 0 spiro atoms. The molecule has 1 unspecified atom stereocenters. The zero-order valence-corrected chi connectivity index (χ0v) is 12.2. The molecule has 3 N–H and O–H groups in total. The molecule has 0 aliphatic carbocycles. The third-order valence-electron chi connectivity index (χ3n) is 2.94. The van der Waals surface area contributed by atoms with E-state index in [1.165, 1.54) is 6.07 Å². The van der Waals surface area contributed by atoms with Gasteiger partial charge in [0.2, 0.25) is 5.95 Å². The molecule has 0 radical (unpaired) electrons. The van der Waals surface area contributed by atoms with Crippen LogP contribution in [0.3, 0.4) is 0 Å². The number of hydrogen-bond donors (Lipinski definition) is 2. The quantitative estimate of drug-likeness (QED) is 0.510. The lowest BCUT2D eigenvalue weighted by atomic mass is 10.1. The predicted molar refractivity (Wildman–Crippen MR) is 79.2 cm³/mol. The first-order valence-electron chi connectivity index (χ1n) is 5.48. The Morgan fingerprint density at radius 1 is 1.35 bits per heavy atom. The monoisotopic (exact) mass is 352 g/mol. The van der Waals surface area contributed by atoms with E-state index >= 15 is 0 Å². The van der Waals surface area contributed by atoms with Crippen molar-refractivity contribution in [3.05, 3.63) is 39.1 Å². The fourth-order valence-electron chi connectivity index (χ4n) is 2.11. The van der Waals surface area contributed by atoms with Gasteiger partial charge in [-0.1, -0.05) is 6.07 Å². The van der Waals surface area contributed by atoms with Crippen LogP contribution in [0.5, 0.6) is 0 Å². The Balaban J connectivity index is 2.52. The van der Waals surface area contributed by atoms with E-state index in [9.17, 15) is 13.6 Å². The SMILES string of the molecule is Nc1nc2ccc3cc(S(=O)[O-])c(Br)cc3c2c(=O)[nH]1. The molecular formula is C12H7BrN3O3S-. The molecule has 20 heavy (non-hydrogen) atoms. The molecule has 0 aliphatic rings. The number of nitrogens with two attached hydrogens (primary N) is 1. The number of halogens is 1. The van der Waals surface area contributed by atoms with Gasteiger partial charge in [-0.05, 0) is 56.0 Å². The van der Waals surface area contributed by atoms with Gasteiger partial charge < -0.3 is 10.3 Å². The third-order valence-corrected chi connectivity index (χ3v) is 4.55. The van der Waals surface area contributed by atoms with E-state index < -0.39 is 11.1 Å².